The molecular weight excluding hydrogens is 449 g/mol. The maximum Gasteiger partial charge on any atom is 0.200 e. The first-order valence-electron chi connectivity index (χ1n) is 13.5. The van der Waals surface area contributed by atoms with E-state index >= 15 is 0 Å². The lowest BCUT2D eigenvalue weighted by molar-refractivity contribution is 0.175. The highest BCUT2D eigenvalue weighted by molar-refractivity contribution is 5.34. The lowest BCUT2D eigenvalue weighted by Gasteiger charge is -2.38. The molecular formula is C30H39F3O2. The first-order valence-corrected chi connectivity index (χ1v) is 13.5. The van der Waals surface area contributed by atoms with E-state index in [2.05, 4.69) is 0 Å². The lowest BCUT2D eigenvalue weighted by atomic mass is 9.67. The summed E-state index contributed by atoms with van der Waals surface area (Å²) in [6.45, 7) is 4.87. The Kier molecular flexibility index (Phi) is 9.02. The predicted octanol–water partition coefficient (Wildman–Crippen LogP) is 8.93. The zero-order valence-electron chi connectivity index (χ0n) is 21.1. The van der Waals surface area contributed by atoms with Crippen LogP contribution in [0.15, 0.2) is 30.3 Å². The van der Waals surface area contributed by atoms with Crippen molar-refractivity contribution < 1.29 is 22.6 Å². The smallest absolute Gasteiger partial charge is 0.200 e. The quantitative estimate of drug-likeness (QED) is 0.328. The van der Waals surface area contributed by atoms with Gasteiger partial charge in [0.15, 0.2) is 11.6 Å². The van der Waals surface area contributed by atoms with Crippen molar-refractivity contribution in [3.63, 3.8) is 0 Å². The summed E-state index contributed by atoms with van der Waals surface area (Å²) in [5, 5.41) is 0. The van der Waals surface area contributed by atoms with E-state index < -0.39 is 11.6 Å². The monoisotopic (exact) mass is 488 g/mol. The molecule has 2 nitrogen and oxygen atoms in total. The maximum atomic E-state index is 14.8. The minimum absolute atomic E-state index is 0.0223. The predicted molar refractivity (Wildman–Crippen MR) is 134 cm³/mol. The van der Waals surface area contributed by atoms with Crippen LogP contribution in [0, 0.1) is 29.3 Å². The van der Waals surface area contributed by atoms with Gasteiger partial charge >= 0.3 is 0 Å². The van der Waals surface area contributed by atoms with Gasteiger partial charge in [0.1, 0.15) is 11.6 Å². The van der Waals surface area contributed by atoms with E-state index in [4.69, 9.17) is 9.47 Å². The molecule has 0 amide bonds. The van der Waals surface area contributed by atoms with Gasteiger partial charge in [-0.05, 0) is 112 Å². The van der Waals surface area contributed by atoms with Gasteiger partial charge in [0, 0.05) is 6.07 Å². The molecule has 0 unspecified atom stereocenters. The Morgan fingerprint density at radius 3 is 1.89 bits per heavy atom. The van der Waals surface area contributed by atoms with Gasteiger partial charge in [-0.3, -0.25) is 0 Å². The topological polar surface area (TPSA) is 18.5 Å². The van der Waals surface area contributed by atoms with E-state index in [0.717, 1.165) is 69.8 Å². The van der Waals surface area contributed by atoms with Crippen LogP contribution in [0.2, 0.25) is 0 Å². The van der Waals surface area contributed by atoms with Crippen LogP contribution in [0.1, 0.15) is 101 Å². The number of hydrogen-bond acceptors (Lipinski definition) is 2. The fraction of sp³-hybridized carbons (Fsp3) is 0.600. The molecule has 192 valence electrons. The molecule has 2 aliphatic rings. The molecule has 2 fully saturated rings. The number of benzene rings is 2. The first kappa shape index (κ1) is 25.9. The van der Waals surface area contributed by atoms with E-state index in [9.17, 15) is 13.2 Å². The van der Waals surface area contributed by atoms with Crippen LogP contribution in [0.4, 0.5) is 13.2 Å². The first-order chi connectivity index (χ1) is 17.0. The van der Waals surface area contributed by atoms with Gasteiger partial charge in [-0.1, -0.05) is 25.5 Å². The van der Waals surface area contributed by atoms with Gasteiger partial charge in [-0.15, -0.1) is 0 Å². The molecule has 0 bridgehead atoms. The molecule has 0 heterocycles. The largest absolute Gasteiger partial charge is 0.494 e. The van der Waals surface area contributed by atoms with Crippen LogP contribution in [0.5, 0.6) is 11.5 Å². The van der Waals surface area contributed by atoms with Crippen molar-refractivity contribution in [3.05, 3.63) is 58.9 Å². The molecule has 0 atom stereocenters. The van der Waals surface area contributed by atoms with Crippen LogP contribution in [-0.4, -0.2) is 13.2 Å². The molecule has 0 aliphatic heterocycles. The molecule has 0 spiro atoms. The van der Waals surface area contributed by atoms with Crippen LogP contribution in [-0.2, 0) is 0 Å². The summed E-state index contributed by atoms with van der Waals surface area (Å²) >= 11 is 0. The second-order valence-electron chi connectivity index (χ2n) is 10.3. The molecule has 2 saturated carbocycles. The lowest BCUT2D eigenvalue weighted by Crippen LogP contribution is -2.25. The molecule has 0 saturated heterocycles. The SMILES string of the molecule is CCCCOc1ccc(C2CCC(C3CCC(c4ccc(OCC)cc4F)CC3)CC2)c(F)c1F. The van der Waals surface area contributed by atoms with E-state index in [-0.39, 0.29) is 23.4 Å². The minimum Gasteiger partial charge on any atom is -0.494 e. The zero-order chi connectivity index (χ0) is 24.8. The average Bonchev–Trinajstić information content (AvgIpc) is 2.87. The van der Waals surface area contributed by atoms with Gasteiger partial charge in [0.2, 0.25) is 5.82 Å². The van der Waals surface area contributed by atoms with E-state index in [1.54, 1.807) is 12.1 Å². The Balaban J connectivity index is 1.29. The van der Waals surface area contributed by atoms with Crippen molar-refractivity contribution >= 4 is 0 Å². The van der Waals surface area contributed by atoms with Crippen molar-refractivity contribution in [2.45, 2.75) is 89.9 Å². The molecule has 0 aromatic heterocycles. The number of ether oxygens (including phenoxy) is 2. The average molecular weight is 489 g/mol. The van der Waals surface area contributed by atoms with Crippen LogP contribution in [0.25, 0.3) is 0 Å². The number of halogens is 3. The van der Waals surface area contributed by atoms with Gasteiger partial charge in [-0.25, -0.2) is 8.78 Å². The minimum atomic E-state index is -0.847. The Labute approximate surface area is 208 Å². The number of rotatable bonds is 9. The molecule has 2 aromatic rings. The zero-order valence-corrected chi connectivity index (χ0v) is 21.1. The summed E-state index contributed by atoms with van der Waals surface area (Å²) in [6, 6.07) is 8.60. The third-order valence-electron chi connectivity index (χ3n) is 8.21. The second-order valence-corrected chi connectivity index (χ2v) is 10.3. The Morgan fingerprint density at radius 2 is 1.31 bits per heavy atom. The molecule has 4 rings (SSSR count). The summed E-state index contributed by atoms with van der Waals surface area (Å²) in [6.07, 6.45) is 9.90. The highest BCUT2D eigenvalue weighted by Gasteiger charge is 2.33. The fourth-order valence-electron chi connectivity index (χ4n) is 6.20. The summed E-state index contributed by atoms with van der Waals surface area (Å²) in [5.41, 5.74) is 1.31. The Morgan fingerprint density at radius 1 is 0.714 bits per heavy atom. The van der Waals surface area contributed by atoms with Crippen molar-refractivity contribution in [2.75, 3.05) is 13.2 Å². The molecule has 0 radical (unpaired) electrons. The summed E-state index contributed by atoms with van der Waals surface area (Å²) in [4.78, 5) is 0. The van der Waals surface area contributed by atoms with E-state index in [1.165, 1.54) is 6.07 Å². The number of hydrogen-bond donors (Lipinski definition) is 0. The van der Waals surface area contributed by atoms with Crippen molar-refractivity contribution in [1.29, 1.82) is 0 Å². The highest BCUT2D eigenvalue weighted by atomic mass is 19.2. The fourth-order valence-corrected chi connectivity index (χ4v) is 6.20. The third-order valence-corrected chi connectivity index (χ3v) is 8.21. The van der Waals surface area contributed by atoms with Gasteiger partial charge in [-0.2, -0.15) is 4.39 Å². The summed E-state index contributed by atoms with van der Waals surface area (Å²) in [5.74, 6) is 0.490. The normalized spacial score (nSPS) is 24.8. The van der Waals surface area contributed by atoms with Crippen molar-refractivity contribution in [2.24, 2.45) is 11.8 Å². The van der Waals surface area contributed by atoms with Gasteiger partial charge in [0.05, 0.1) is 13.2 Å². The van der Waals surface area contributed by atoms with Crippen LogP contribution < -0.4 is 9.47 Å². The van der Waals surface area contributed by atoms with Crippen molar-refractivity contribution in [1.82, 2.24) is 0 Å². The molecule has 5 heteroatoms. The Bertz CT molecular complexity index is 960. The maximum absolute atomic E-state index is 14.8. The van der Waals surface area contributed by atoms with E-state index in [0.29, 0.717) is 36.4 Å². The Hall–Kier alpha value is -2.17. The highest BCUT2D eigenvalue weighted by Crippen LogP contribution is 2.46. The standard InChI is InChI=1S/C30H39F3O2/c1-3-5-18-35-28-17-16-26(29(32)30(28)33)23-12-8-21(9-13-23)20-6-10-22(11-7-20)25-15-14-24(34-4-2)19-27(25)31/h14-17,19-23H,3-13,18H2,1-2H3. The van der Waals surface area contributed by atoms with Crippen LogP contribution >= 0.6 is 0 Å². The third kappa shape index (κ3) is 6.16. The van der Waals surface area contributed by atoms with Crippen LogP contribution in [0.3, 0.4) is 0 Å². The van der Waals surface area contributed by atoms with Crippen molar-refractivity contribution in [3.8, 4) is 11.5 Å². The summed E-state index contributed by atoms with van der Waals surface area (Å²) in [7, 11) is 0. The summed E-state index contributed by atoms with van der Waals surface area (Å²) < 4.78 is 54.8. The molecule has 0 N–H and O–H groups in total. The number of unbranched alkanes of at least 4 members (excludes halogenated alkanes) is 1. The molecule has 2 aliphatic carbocycles. The molecule has 2 aromatic carbocycles. The molecule has 35 heavy (non-hydrogen) atoms. The van der Waals surface area contributed by atoms with E-state index in [1.807, 2.05) is 26.0 Å². The van der Waals surface area contributed by atoms with Gasteiger partial charge in [0.25, 0.3) is 0 Å². The van der Waals surface area contributed by atoms with Gasteiger partial charge < -0.3 is 9.47 Å². The second kappa shape index (κ2) is 12.2.